The van der Waals surface area contributed by atoms with Crippen molar-refractivity contribution in [1.82, 2.24) is 4.98 Å². The van der Waals surface area contributed by atoms with E-state index in [1.165, 1.54) is 12.1 Å². The van der Waals surface area contributed by atoms with Gasteiger partial charge in [0.2, 0.25) is 0 Å². The summed E-state index contributed by atoms with van der Waals surface area (Å²) in [5.74, 6) is -0.0128. The number of hydrogen-bond acceptors (Lipinski definition) is 4. The Morgan fingerprint density at radius 3 is 2.80 bits per heavy atom. The van der Waals surface area contributed by atoms with Gasteiger partial charge in [0.05, 0.1) is 12.0 Å². The van der Waals surface area contributed by atoms with Crippen LogP contribution in [0.5, 0.6) is 5.75 Å². The van der Waals surface area contributed by atoms with Crippen LogP contribution in [0, 0.1) is 24.1 Å². The zero-order chi connectivity index (χ0) is 18.0. The quantitative estimate of drug-likeness (QED) is 0.765. The molecule has 126 valence electrons. The smallest absolute Gasteiger partial charge is 0.255 e. The first kappa shape index (κ1) is 16.7. The largest absolute Gasteiger partial charge is 0.479 e. The summed E-state index contributed by atoms with van der Waals surface area (Å²) in [6.45, 7) is 1.31. The Morgan fingerprint density at radius 2 is 2.08 bits per heavy atom. The maximum Gasteiger partial charge on any atom is 0.255 e. The van der Waals surface area contributed by atoms with Crippen molar-refractivity contribution >= 4 is 10.8 Å². The number of nitriles is 1. The first-order valence-corrected chi connectivity index (χ1v) is 7.60. The molecule has 0 radical (unpaired) electrons. The lowest BCUT2D eigenvalue weighted by Crippen LogP contribution is -2.07. The molecular weight excluding hydrogens is 323 g/mol. The normalized spacial score (nSPS) is 10.6. The van der Waals surface area contributed by atoms with E-state index in [1.54, 1.807) is 31.3 Å². The summed E-state index contributed by atoms with van der Waals surface area (Å²) in [6, 6.07) is 9.49. The van der Waals surface area contributed by atoms with E-state index in [0.717, 1.165) is 0 Å². The molecule has 0 fully saturated rings. The van der Waals surface area contributed by atoms with Crippen LogP contribution in [0.2, 0.25) is 0 Å². The number of nitrogens with zero attached hydrogens (tertiary/aromatic N) is 1. The van der Waals surface area contributed by atoms with Gasteiger partial charge in [-0.2, -0.15) is 5.26 Å². The number of nitrogens with one attached hydrogen (secondary N) is 1. The minimum Gasteiger partial charge on any atom is -0.479 e. The number of aromatic nitrogens is 1. The third-order valence-corrected chi connectivity index (χ3v) is 4.00. The number of hydrogen-bond donors (Lipinski definition) is 2. The number of aliphatic hydroxyl groups excluding tert-OH is 1. The monoisotopic (exact) mass is 338 g/mol. The van der Waals surface area contributed by atoms with Crippen molar-refractivity contribution in [2.75, 3.05) is 6.61 Å². The summed E-state index contributed by atoms with van der Waals surface area (Å²) >= 11 is 0. The number of pyridine rings is 1. The highest BCUT2D eigenvalue weighted by Gasteiger charge is 2.15. The van der Waals surface area contributed by atoms with Gasteiger partial charge in [0.25, 0.3) is 5.56 Å². The lowest BCUT2D eigenvalue weighted by molar-refractivity contribution is 0.281. The lowest BCUT2D eigenvalue weighted by atomic mass is 9.93. The molecule has 0 amide bonds. The van der Waals surface area contributed by atoms with Crippen molar-refractivity contribution in [3.05, 3.63) is 63.8 Å². The molecule has 5 nitrogen and oxygen atoms in total. The average molecular weight is 338 g/mol. The highest BCUT2D eigenvalue weighted by atomic mass is 19.1. The Morgan fingerprint density at radius 1 is 1.28 bits per heavy atom. The van der Waals surface area contributed by atoms with Crippen LogP contribution >= 0.6 is 0 Å². The number of rotatable bonds is 4. The standard InChI is InChI=1S/C19H15FN2O3/c1-11-6-13(20)7-12(10-23)18(11)17-9-22-19(24)16-8-14(25-5-4-21)2-3-15(16)17/h2-3,6-9,23H,5,10H2,1H3,(H,22,24). The number of aryl methyl sites for hydroxylation is 1. The molecule has 0 bridgehead atoms. The Hall–Kier alpha value is -3.17. The molecule has 0 saturated heterocycles. The molecule has 0 aliphatic heterocycles. The maximum absolute atomic E-state index is 13.6. The number of fused-ring (bicyclic) bond motifs is 1. The molecule has 0 aliphatic carbocycles. The van der Waals surface area contributed by atoms with Crippen LogP contribution in [0.15, 0.2) is 41.3 Å². The highest BCUT2D eigenvalue weighted by molar-refractivity contribution is 5.97. The Bertz CT molecular complexity index is 1050. The van der Waals surface area contributed by atoms with Crippen LogP contribution in [-0.2, 0) is 6.61 Å². The van der Waals surface area contributed by atoms with Gasteiger partial charge in [-0.1, -0.05) is 0 Å². The van der Waals surface area contributed by atoms with Crippen molar-refractivity contribution in [2.45, 2.75) is 13.5 Å². The fraction of sp³-hybridized carbons (Fsp3) is 0.158. The van der Waals surface area contributed by atoms with E-state index in [1.807, 2.05) is 6.07 Å². The minimum absolute atomic E-state index is 0.116. The number of H-pyrrole nitrogens is 1. The highest BCUT2D eigenvalue weighted by Crippen LogP contribution is 2.33. The number of halogens is 1. The Balaban J connectivity index is 2.27. The van der Waals surface area contributed by atoms with Crippen molar-refractivity contribution in [3.8, 4) is 22.9 Å². The van der Waals surface area contributed by atoms with Crippen molar-refractivity contribution in [2.24, 2.45) is 0 Å². The molecule has 6 heteroatoms. The number of benzene rings is 2. The average Bonchev–Trinajstić information content (AvgIpc) is 2.60. The molecule has 1 aromatic heterocycles. The van der Waals surface area contributed by atoms with E-state index in [9.17, 15) is 14.3 Å². The van der Waals surface area contributed by atoms with E-state index in [4.69, 9.17) is 10.00 Å². The minimum atomic E-state index is -0.425. The fourth-order valence-electron chi connectivity index (χ4n) is 2.97. The van der Waals surface area contributed by atoms with Crippen LogP contribution in [0.1, 0.15) is 11.1 Å². The van der Waals surface area contributed by atoms with E-state index < -0.39 is 5.82 Å². The Kier molecular flexibility index (Phi) is 4.50. The summed E-state index contributed by atoms with van der Waals surface area (Å²) in [6.07, 6.45) is 1.56. The fourth-order valence-corrected chi connectivity index (χ4v) is 2.97. The van der Waals surface area contributed by atoms with Crippen LogP contribution in [0.25, 0.3) is 21.9 Å². The molecule has 0 unspecified atom stereocenters. The first-order chi connectivity index (χ1) is 12.0. The molecule has 25 heavy (non-hydrogen) atoms. The van der Waals surface area contributed by atoms with E-state index in [-0.39, 0.29) is 18.8 Å². The summed E-state index contributed by atoms with van der Waals surface area (Å²) in [7, 11) is 0. The molecule has 3 rings (SSSR count). The molecule has 0 atom stereocenters. The second-order valence-corrected chi connectivity index (χ2v) is 5.60. The van der Waals surface area contributed by atoms with Gasteiger partial charge in [-0.3, -0.25) is 4.79 Å². The van der Waals surface area contributed by atoms with Gasteiger partial charge in [0, 0.05) is 11.8 Å². The number of aliphatic hydroxyl groups is 1. The molecule has 2 aromatic carbocycles. The van der Waals surface area contributed by atoms with Gasteiger partial charge in [-0.05, 0) is 59.3 Å². The van der Waals surface area contributed by atoms with E-state index in [2.05, 4.69) is 4.98 Å². The van der Waals surface area contributed by atoms with E-state index in [0.29, 0.717) is 38.8 Å². The van der Waals surface area contributed by atoms with Gasteiger partial charge in [-0.15, -0.1) is 0 Å². The van der Waals surface area contributed by atoms with Crippen LogP contribution < -0.4 is 10.3 Å². The summed E-state index contributed by atoms with van der Waals surface area (Å²) in [5, 5.41) is 19.2. The topological polar surface area (TPSA) is 86.1 Å². The van der Waals surface area contributed by atoms with Crippen LogP contribution in [0.3, 0.4) is 0 Å². The molecule has 2 N–H and O–H groups in total. The molecule has 0 spiro atoms. The summed E-state index contributed by atoms with van der Waals surface area (Å²) in [4.78, 5) is 14.9. The van der Waals surface area contributed by atoms with Crippen molar-refractivity contribution < 1.29 is 14.2 Å². The predicted octanol–water partition coefficient (Wildman–Crippen LogP) is 3.04. The van der Waals surface area contributed by atoms with Crippen molar-refractivity contribution in [3.63, 3.8) is 0 Å². The van der Waals surface area contributed by atoms with Gasteiger partial charge >= 0.3 is 0 Å². The molecular formula is C19H15FN2O3. The van der Waals surface area contributed by atoms with Crippen molar-refractivity contribution in [1.29, 1.82) is 5.26 Å². The summed E-state index contributed by atoms with van der Waals surface area (Å²) in [5.41, 5.74) is 2.16. The molecule has 0 saturated carbocycles. The zero-order valence-corrected chi connectivity index (χ0v) is 13.5. The van der Waals surface area contributed by atoms with Gasteiger partial charge in [0.1, 0.15) is 17.6 Å². The number of ether oxygens (including phenoxy) is 1. The second-order valence-electron chi connectivity index (χ2n) is 5.60. The zero-order valence-electron chi connectivity index (χ0n) is 13.5. The number of aromatic amines is 1. The van der Waals surface area contributed by atoms with E-state index >= 15 is 0 Å². The molecule has 0 aliphatic rings. The molecule has 3 aromatic rings. The molecule has 1 heterocycles. The first-order valence-electron chi connectivity index (χ1n) is 7.60. The third-order valence-electron chi connectivity index (χ3n) is 4.00. The third kappa shape index (κ3) is 3.10. The second kappa shape index (κ2) is 6.75. The van der Waals surface area contributed by atoms with Crippen LogP contribution in [-0.4, -0.2) is 16.7 Å². The van der Waals surface area contributed by atoms with Gasteiger partial charge < -0.3 is 14.8 Å². The summed E-state index contributed by atoms with van der Waals surface area (Å²) < 4.78 is 18.9. The Labute approximate surface area is 142 Å². The van der Waals surface area contributed by atoms with Gasteiger partial charge in [-0.25, -0.2) is 4.39 Å². The van der Waals surface area contributed by atoms with Crippen LogP contribution in [0.4, 0.5) is 4.39 Å². The van der Waals surface area contributed by atoms with Gasteiger partial charge in [0.15, 0.2) is 6.61 Å². The predicted molar refractivity (Wildman–Crippen MR) is 91.7 cm³/mol. The lowest BCUT2D eigenvalue weighted by Gasteiger charge is -2.14. The SMILES string of the molecule is Cc1cc(F)cc(CO)c1-c1c[nH]c(=O)c2cc(OCC#N)ccc12. The maximum atomic E-state index is 13.6.